The number of pyridine rings is 1. The molecule has 0 aliphatic rings. The van der Waals surface area contributed by atoms with Crippen molar-refractivity contribution < 1.29 is 27.1 Å². The topological polar surface area (TPSA) is 115 Å². The number of rotatable bonds is 9. The maximum atomic E-state index is 13.2. The summed E-state index contributed by atoms with van der Waals surface area (Å²) in [7, 11) is 1.35. The van der Waals surface area contributed by atoms with E-state index in [-0.39, 0.29) is 35.5 Å². The third-order valence-corrected chi connectivity index (χ3v) is 5.02. The fraction of sp³-hybridized carbons (Fsp3) is 0.348. The highest BCUT2D eigenvalue weighted by Gasteiger charge is 2.33. The number of nitrogens with zero attached hydrogens (tertiary/aromatic N) is 2. The lowest BCUT2D eigenvalue weighted by atomic mass is 10.1. The molecule has 1 amide bonds. The van der Waals surface area contributed by atoms with E-state index in [2.05, 4.69) is 27.2 Å². The van der Waals surface area contributed by atoms with Gasteiger partial charge >= 0.3 is 6.18 Å². The average Bonchev–Trinajstić information content (AvgIpc) is 3.24. The van der Waals surface area contributed by atoms with Crippen molar-refractivity contribution in [3.05, 3.63) is 48.0 Å². The smallest absolute Gasteiger partial charge is 0.433 e. The Morgan fingerprint density at radius 2 is 1.88 bits per heavy atom. The molecule has 8 nitrogen and oxygen atoms in total. The monoisotopic (exact) mass is 477 g/mol. The number of carbonyl (C=O) groups excluding carboxylic acids is 1. The number of halogens is 3. The van der Waals surface area contributed by atoms with Crippen LogP contribution in [-0.4, -0.2) is 36.1 Å². The van der Waals surface area contributed by atoms with Crippen LogP contribution in [0.3, 0.4) is 0 Å². The van der Waals surface area contributed by atoms with E-state index in [0.29, 0.717) is 41.2 Å². The van der Waals surface area contributed by atoms with Gasteiger partial charge in [-0.1, -0.05) is 20.4 Å². The molecule has 1 aromatic carbocycles. The maximum absolute atomic E-state index is 13.2. The van der Waals surface area contributed by atoms with Crippen LogP contribution in [0.2, 0.25) is 0 Å². The normalized spacial score (nSPS) is 11.6. The number of ether oxygens (including phenoxy) is 1. The first-order chi connectivity index (χ1) is 16.1. The van der Waals surface area contributed by atoms with Crippen molar-refractivity contribution in [1.29, 1.82) is 0 Å². The van der Waals surface area contributed by atoms with Gasteiger partial charge in [0.2, 0.25) is 11.8 Å². The van der Waals surface area contributed by atoms with Gasteiger partial charge in [0, 0.05) is 30.0 Å². The minimum atomic E-state index is -4.60. The Kier molecular flexibility index (Phi) is 7.45. The molecule has 182 valence electrons. The highest BCUT2D eigenvalue weighted by molar-refractivity contribution is 5.96. The molecule has 0 aliphatic carbocycles. The number of fused-ring (bicyclic) bond motifs is 1. The zero-order valence-electron chi connectivity index (χ0n) is 19.0. The van der Waals surface area contributed by atoms with Crippen LogP contribution in [0.25, 0.3) is 28.1 Å². The zero-order valence-corrected chi connectivity index (χ0v) is 19.0. The van der Waals surface area contributed by atoms with Crippen molar-refractivity contribution in [2.24, 2.45) is 11.7 Å². The molecule has 2 heterocycles. The second kappa shape index (κ2) is 10.1. The lowest BCUT2D eigenvalue weighted by Crippen LogP contribution is -2.33. The molecule has 11 heteroatoms. The predicted octanol–water partition coefficient (Wildman–Crippen LogP) is 3.71. The fourth-order valence-corrected chi connectivity index (χ4v) is 3.23. The predicted molar refractivity (Wildman–Crippen MR) is 122 cm³/mol. The molecule has 0 atom stereocenters. The molecule has 0 aliphatic heterocycles. The SMILES string of the molecule is C=C(NCCNC(=O)C(C)C)c1nc(-c2ccc(OC)c3nc(C(F)(F)F)ccc23)oc1CN. The largest absolute Gasteiger partial charge is 0.494 e. The summed E-state index contributed by atoms with van der Waals surface area (Å²) >= 11 is 0. The van der Waals surface area contributed by atoms with Gasteiger partial charge in [0.1, 0.15) is 28.4 Å². The van der Waals surface area contributed by atoms with Crippen LogP contribution >= 0.6 is 0 Å². The molecule has 2 aromatic heterocycles. The van der Waals surface area contributed by atoms with E-state index in [4.69, 9.17) is 14.9 Å². The van der Waals surface area contributed by atoms with Crippen molar-refractivity contribution >= 4 is 22.5 Å². The van der Waals surface area contributed by atoms with Gasteiger partial charge in [0.25, 0.3) is 0 Å². The maximum Gasteiger partial charge on any atom is 0.433 e. The van der Waals surface area contributed by atoms with Crippen molar-refractivity contribution in [2.45, 2.75) is 26.6 Å². The highest BCUT2D eigenvalue weighted by atomic mass is 19.4. The molecular formula is C23H26F3N5O3. The first kappa shape index (κ1) is 25.0. The van der Waals surface area contributed by atoms with Crippen LogP contribution in [0.5, 0.6) is 5.75 Å². The van der Waals surface area contributed by atoms with E-state index < -0.39 is 11.9 Å². The Morgan fingerprint density at radius 1 is 1.18 bits per heavy atom. The third-order valence-electron chi connectivity index (χ3n) is 5.02. The molecule has 3 rings (SSSR count). The van der Waals surface area contributed by atoms with Crippen LogP contribution in [0, 0.1) is 5.92 Å². The highest BCUT2D eigenvalue weighted by Crippen LogP contribution is 2.37. The van der Waals surface area contributed by atoms with Gasteiger partial charge in [-0.15, -0.1) is 0 Å². The van der Waals surface area contributed by atoms with Crippen molar-refractivity contribution in [1.82, 2.24) is 20.6 Å². The van der Waals surface area contributed by atoms with Gasteiger partial charge in [0.15, 0.2) is 0 Å². The number of aromatic nitrogens is 2. The van der Waals surface area contributed by atoms with Crippen LogP contribution in [0.4, 0.5) is 13.2 Å². The van der Waals surface area contributed by atoms with Crippen LogP contribution in [0.15, 0.2) is 35.3 Å². The van der Waals surface area contributed by atoms with Crippen LogP contribution < -0.4 is 21.1 Å². The number of nitrogens with two attached hydrogens (primary N) is 1. The van der Waals surface area contributed by atoms with E-state index in [1.807, 2.05) is 0 Å². The summed E-state index contributed by atoms with van der Waals surface area (Å²) in [6, 6.07) is 5.33. The summed E-state index contributed by atoms with van der Waals surface area (Å²) in [5.74, 6) is 0.507. The number of benzene rings is 1. The minimum Gasteiger partial charge on any atom is -0.494 e. The van der Waals surface area contributed by atoms with Crippen LogP contribution in [-0.2, 0) is 17.5 Å². The molecular weight excluding hydrogens is 451 g/mol. The van der Waals surface area contributed by atoms with Gasteiger partial charge < -0.3 is 25.5 Å². The number of hydrogen-bond acceptors (Lipinski definition) is 7. The third kappa shape index (κ3) is 5.30. The summed E-state index contributed by atoms with van der Waals surface area (Å²) in [5, 5.41) is 6.23. The van der Waals surface area contributed by atoms with E-state index in [1.165, 1.54) is 19.2 Å². The van der Waals surface area contributed by atoms with Crippen molar-refractivity contribution in [3.8, 4) is 17.2 Å². The molecule has 0 fully saturated rings. The first-order valence-electron chi connectivity index (χ1n) is 10.5. The molecule has 3 aromatic rings. The molecule has 34 heavy (non-hydrogen) atoms. The number of nitrogens with one attached hydrogen (secondary N) is 2. The van der Waals surface area contributed by atoms with Crippen molar-refractivity contribution in [2.75, 3.05) is 20.2 Å². The van der Waals surface area contributed by atoms with Crippen molar-refractivity contribution in [3.63, 3.8) is 0 Å². The second-order valence-electron chi connectivity index (χ2n) is 7.75. The fourth-order valence-electron chi connectivity index (χ4n) is 3.23. The summed E-state index contributed by atoms with van der Waals surface area (Å²) in [6.45, 7) is 8.37. The number of carbonyl (C=O) groups is 1. The molecule has 0 unspecified atom stereocenters. The average molecular weight is 477 g/mol. The van der Waals surface area contributed by atoms with Gasteiger partial charge in [0.05, 0.1) is 19.4 Å². The zero-order chi connectivity index (χ0) is 25.0. The molecule has 0 bridgehead atoms. The summed E-state index contributed by atoms with van der Waals surface area (Å²) in [5.41, 5.74) is 6.06. The Balaban J connectivity index is 1.91. The summed E-state index contributed by atoms with van der Waals surface area (Å²) < 4.78 is 50.6. The number of amides is 1. The van der Waals surface area contributed by atoms with Gasteiger partial charge in [-0.3, -0.25) is 4.79 Å². The Labute approximate surface area is 194 Å². The number of oxazole rings is 1. The number of hydrogen-bond donors (Lipinski definition) is 3. The Morgan fingerprint density at radius 3 is 2.50 bits per heavy atom. The van der Waals surface area contributed by atoms with E-state index in [1.54, 1.807) is 19.9 Å². The lowest BCUT2D eigenvalue weighted by molar-refractivity contribution is -0.141. The van der Waals surface area contributed by atoms with E-state index >= 15 is 0 Å². The molecule has 0 saturated carbocycles. The van der Waals surface area contributed by atoms with E-state index in [0.717, 1.165) is 6.07 Å². The number of alkyl halides is 3. The molecule has 0 radical (unpaired) electrons. The number of methoxy groups -OCH3 is 1. The summed E-state index contributed by atoms with van der Waals surface area (Å²) in [6.07, 6.45) is -4.60. The van der Waals surface area contributed by atoms with Gasteiger partial charge in [-0.05, 0) is 24.3 Å². The molecule has 0 saturated heterocycles. The Bertz CT molecular complexity index is 1200. The second-order valence-corrected chi connectivity index (χ2v) is 7.75. The molecule has 4 N–H and O–H groups in total. The standard InChI is InChI=1S/C23H26F3N5O3/c1-12(2)21(32)29-10-9-28-13(3)19-17(11-27)34-22(31-19)15-5-7-16(33-4)20-14(15)6-8-18(30-20)23(24,25)26/h5-8,12,28H,3,9-11,27H2,1-2,4H3,(H,29,32). The first-order valence-corrected chi connectivity index (χ1v) is 10.5. The lowest BCUT2D eigenvalue weighted by Gasteiger charge is -2.11. The van der Waals surface area contributed by atoms with E-state index in [9.17, 15) is 18.0 Å². The van der Waals surface area contributed by atoms with Crippen LogP contribution in [0.1, 0.15) is 31.0 Å². The minimum absolute atomic E-state index is 0.0255. The quantitative estimate of drug-likeness (QED) is 0.403. The Hall–Kier alpha value is -3.60. The molecule has 0 spiro atoms. The van der Waals surface area contributed by atoms with Gasteiger partial charge in [-0.25, -0.2) is 9.97 Å². The van der Waals surface area contributed by atoms with Gasteiger partial charge in [-0.2, -0.15) is 13.2 Å². The summed E-state index contributed by atoms with van der Waals surface area (Å²) in [4.78, 5) is 19.9.